The maximum absolute atomic E-state index is 4.68. The molecule has 4 heteroatoms. The van der Waals surface area contributed by atoms with Gasteiger partial charge in [-0.25, -0.2) is 0 Å². The van der Waals surface area contributed by atoms with Crippen LogP contribution < -0.4 is 10.6 Å². The maximum atomic E-state index is 4.68. The van der Waals surface area contributed by atoms with Gasteiger partial charge in [0.05, 0.1) is 0 Å². The minimum atomic E-state index is 0.463. The minimum absolute atomic E-state index is 0.463. The third-order valence-corrected chi connectivity index (χ3v) is 3.93. The minimum Gasteiger partial charge on any atom is -0.357 e. The lowest BCUT2D eigenvalue weighted by Crippen LogP contribution is -2.42. The van der Waals surface area contributed by atoms with E-state index in [0.29, 0.717) is 12.0 Å². The molecule has 0 aromatic carbocycles. The van der Waals surface area contributed by atoms with Gasteiger partial charge in [0, 0.05) is 24.0 Å². The van der Waals surface area contributed by atoms with E-state index in [2.05, 4.69) is 60.8 Å². The Labute approximate surface area is 121 Å². The third-order valence-electron chi connectivity index (χ3n) is 3.03. The van der Waals surface area contributed by atoms with Gasteiger partial charge in [-0.15, -0.1) is 11.3 Å². The van der Waals surface area contributed by atoms with Crippen molar-refractivity contribution >= 4 is 17.3 Å². The normalized spacial score (nSPS) is 15.1. The van der Waals surface area contributed by atoms with Crippen LogP contribution in [0.2, 0.25) is 0 Å². The van der Waals surface area contributed by atoms with Gasteiger partial charge in [0.1, 0.15) is 0 Å². The number of hydrogen-bond donors (Lipinski definition) is 2. The molecule has 0 amide bonds. The van der Waals surface area contributed by atoms with Gasteiger partial charge in [-0.05, 0) is 44.1 Å². The average molecular weight is 281 g/mol. The number of aliphatic imine (C=N–C) groups is 1. The van der Waals surface area contributed by atoms with E-state index in [-0.39, 0.29) is 0 Å². The third kappa shape index (κ3) is 6.62. The van der Waals surface area contributed by atoms with E-state index in [1.807, 2.05) is 11.3 Å². The van der Waals surface area contributed by atoms with E-state index >= 15 is 0 Å². The van der Waals surface area contributed by atoms with Crippen LogP contribution in [0.4, 0.5) is 0 Å². The zero-order valence-electron chi connectivity index (χ0n) is 12.6. The molecule has 108 valence electrons. The Bertz CT molecular complexity index is 359. The predicted octanol–water partition coefficient (Wildman–Crippen LogP) is 3.28. The van der Waals surface area contributed by atoms with Crippen LogP contribution in [0.15, 0.2) is 22.5 Å². The molecule has 3 nitrogen and oxygen atoms in total. The van der Waals surface area contributed by atoms with Gasteiger partial charge in [0.15, 0.2) is 5.96 Å². The molecule has 2 unspecified atom stereocenters. The van der Waals surface area contributed by atoms with Crippen molar-refractivity contribution in [2.45, 2.75) is 46.6 Å². The van der Waals surface area contributed by atoms with Crippen LogP contribution >= 0.6 is 11.3 Å². The van der Waals surface area contributed by atoms with Crippen molar-refractivity contribution in [3.8, 4) is 0 Å². The summed E-state index contributed by atoms with van der Waals surface area (Å²) in [6, 6.07) is 4.78. The van der Waals surface area contributed by atoms with Gasteiger partial charge in [-0.3, -0.25) is 4.99 Å². The van der Waals surface area contributed by atoms with E-state index in [0.717, 1.165) is 31.9 Å². The SMILES string of the molecule is CCNC(=NCC(C)Cc1cccs1)NC(C)CC. The number of nitrogens with one attached hydrogen (secondary N) is 2. The maximum Gasteiger partial charge on any atom is 0.191 e. The molecule has 2 atom stereocenters. The first-order chi connectivity index (χ1) is 9.15. The average Bonchev–Trinajstić information content (AvgIpc) is 2.88. The predicted molar refractivity (Wildman–Crippen MR) is 86.1 cm³/mol. The highest BCUT2D eigenvalue weighted by molar-refractivity contribution is 7.09. The van der Waals surface area contributed by atoms with Crippen LogP contribution in [0.5, 0.6) is 0 Å². The summed E-state index contributed by atoms with van der Waals surface area (Å²) in [6.45, 7) is 10.5. The molecule has 2 N–H and O–H groups in total. The first-order valence-electron chi connectivity index (χ1n) is 7.22. The molecule has 0 radical (unpaired) electrons. The van der Waals surface area contributed by atoms with Crippen LogP contribution in [0.1, 0.15) is 39.0 Å². The van der Waals surface area contributed by atoms with E-state index in [1.165, 1.54) is 4.88 Å². The van der Waals surface area contributed by atoms with Crippen molar-refractivity contribution in [3.05, 3.63) is 22.4 Å². The van der Waals surface area contributed by atoms with Gasteiger partial charge in [-0.1, -0.05) is 19.9 Å². The van der Waals surface area contributed by atoms with Crippen molar-refractivity contribution in [1.82, 2.24) is 10.6 Å². The van der Waals surface area contributed by atoms with Crippen LogP contribution in [-0.2, 0) is 6.42 Å². The second-order valence-corrected chi connectivity index (χ2v) is 6.09. The summed E-state index contributed by atoms with van der Waals surface area (Å²) in [4.78, 5) is 6.13. The van der Waals surface area contributed by atoms with Gasteiger partial charge >= 0.3 is 0 Å². The highest BCUT2D eigenvalue weighted by atomic mass is 32.1. The fourth-order valence-electron chi connectivity index (χ4n) is 1.74. The molecular weight excluding hydrogens is 254 g/mol. The molecule has 1 rings (SSSR count). The zero-order chi connectivity index (χ0) is 14.1. The summed E-state index contributed by atoms with van der Waals surface area (Å²) >= 11 is 1.83. The Kier molecular flexibility index (Phi) is 7.56. The quantitative estimate of drug-likeness (QED) is 0.594. The van der Waals surface area contributed by atoms with Gasteiger partial charge in [-0.2, -0.15) is 0 Å². The number of nitrogens with zero attached hydrogens (tertiary/aromatic N) is 1. The van der Waals surface area contributed by atoms with E-state index in [9.17, 15) is 0 Å². The summed E-state index contributed by atoms with van der Waals surface area (Å²) < 4.78 is 0. The molecule has 1 aromatic heterocycles. The Morgan fingerprint density at radius 3 is 2.74 bits per heavy atom. The van der Waals surface area contributed by atoms with Crippen molar-refractivity contribution in [3.63, 3.8) is 0 Å². The lowest BCUT2D eigenvalue weighted by Gasteiger charge is -2.17. The summed E-state index contributed by atoms with van der Waals surface area (Å²) in [6.07, 6.45) is 2.22. The van der Waals surface area contributed by atoms with Gasteiger partial charge < -0.3 is 10.6 Å². The first kappa shape index (κ1) is 16.0. The Balaban J connectivity index is 2.44. The topological polar surface area (TPSA) is 36.4 Å². The standard InChI is InChI=1S/C15H27N3S/c1-5-13(4)18-15(16-6-2)17-11-12(3)10-14-8-7-9-19-14/h7-9,12-13H,5-6,10-11H2,1-4H3,(H2,16,17,18). The van der Waals surface area contributed by atoms with Crippen molar-refractivity contribution < 1.29 is 0 Å². The van der Waals surface area contributed by atoms with E-state index in [4.69, 9.17) is 0 Å². The molecule has 0 aliphatic carbocycles. The van der Waals surface area contributed by atoms with E-state index < -0.39 is 0 Å². The van der Waals surface area contributed by atoms with Crippen LogP contribution in [0.3, 0.4) is 0 Å². The lowest BCUT2D eigenvalue weighted by atomic mass is 10.1. The molecule has 0 aliphatic heterocycles. The highest BCUT2D eigenvalue weighted by Gasteiger charge is 2.06. The highest BCUT2D eigenvalue weighted by Crippen LogP contribution is 2.14. The second-order valence-electron chi connectivity index (χ2n) is 5.06. The fraction of sp³-hybridized carbons (Fsp3) is 0.667. The summed E-state index contributed by atoms with van der Waals surface area (Å²) in [5.74, 6) is 1.51. The molecule has 0 bridgehead atoms. The molecule has 19 heavy (non-hydrogen) atoms. The summed E-state index contributed by atoms with van der Waals surface area (Å²) in [7, 11) is 0. The van der Waals surface area contributed by atoms with Crippen molar-refractivity contribution in [1.29, 1.82) is 0 Å². The van der Waals surface area contributed by atoms with Crippen molar-refractivity contribution in [2.24, 2.45) is 10.9 Å². The summed E-state index contributed by atoms with van der Waals surface area (Å²) in [5.41, 5.74) is 0. The molecule has 0 spiro atoms. The molecular formula is C15H27N3S. The first-order valence-corrected chi connectivity index (χ1v) is 8.10. The summed E-state index contributed by atoms with van der Waals surface area (Å²) in [5, 5.41) is 8.87. The molecule has 0 aliphatic rings. The Morgan fingerprint density at radius 2 is 2.16 bits per heavy atom. The number of rotatable bonds is 7. The number of guanidine groups is 1. The number of thiophene rings is 1. The Morgan fingerprint density at radius 1 is 1.37 bits per heavy atom. The van der Waals surface area contributed by atoms with Crippen LogP contribution in [0.25, 0.3) is 0 Å². The van der Waals surface area contributed by atoms with Crippen LogP contribution in [0, 0.1) is 5.92 Å². The molecule has 0 fully saturated rings. The zero-order valence-corrected chi connectivity index (χ0v) is 13.4. The molecule has 0 saturated carbocycles. The molecule has 0 saturated heterocycles. The van der Waals surface area contributed by atoms with Crippen LogP contribution in [-0.4, -0.2) is 25.1 Å². The molecule has 1 aromatic rings. The Hall–Kier alpha value is -1.03. The molecule has 1 heterocycles. The van der Waals surface area contributed by atoms with Gasteiger partial charge in [0.2, 0.25) is 0 Å². The smallest absolute Gasteiger partial charge is 0.191 e. The fourth-order valence-corrected chi connectivity index (χ4v) is 2.61. The van der Waals surface area contributed by atoms with Crippen molar-refractivity contribution in [2.75, 3.05) is 13.1 Å². The number of hydrogen-bond acceptors (Lipinski definition) is 2. The lowest BCUT2D eigenvalue weighted by molar-refractivity contribution is 0.584. The van der Waals surface area contributed by atoms with E-state index in [1.54, 1.807) is 0 Å². The van der Waals surface area contributed by atoms with Gasteiger partial charge in [0.25, 0.3) is 0 Å². The monoisotopic (exact) mass is 281 g/mol. The second kappa shape index (κ2) is 8.97. The largest absolute Gasteiger partial charge is 0.357 e.